The Bertz CT molecular complexity index is 448. The van der Waals surface area contributed by atoms with E-state index in [1.165, 1.54) is 4.90 Å². The van der Waals surface area contributed by atoms with E-state index < -0.39 is 0 Å². The smallest absolute Gasteiger partial charge is 0.244 e. The number of nitrogens with one attached hydrogen (secondary N) is 1. The fourth-order valence-electron chi connectivity index (χ4n) is 2.52. The lowest BCUT2D eigenvalue weighted by atomic mass is 10.0. The SMILES string of the molecule is CSc1ccccc1N1CCCC(NC(C)C)C1=O. The molecule has 1 aromatic carbocycles. The summed E-state index contributed by atoms with van der Waals surface area (Å²) in [6.45, 7) is 5.00. The van der Waals surface area contributed by atoms with Crippen LogP contribution in [0.5, 0.6) is 0 Å². The van der Waals surface area contributed by atoms with Crippen LogP contribution in [-0.2, 0) is 4.79 Å². The van der Waals surface area contributed by atoms with Gasteiger partial charge in [0.05, 0.1) is 11.7 Å². The summed E-state index contributed by atoms with van der Waals surface area (Å²) in [7, 11) is 0. The number of hydrogen-bond acceptors (Lipinski definition) is 3. The third-order valence-electron chi connectivity index (χ3n) is 3.35. The average Bonchev–Trinajstić information content (AvgIpc) is 2.41. The highest BCUT2D eigenvalue weighted by atomic mass is 32.2. The van der Waals surface area contributed by atoms with Crippen LogP contribution in [0.3, 0.4) is 0 Å². The van der Waals surface area contributed by atoms with Crippen molar-refractivity contribution in [2.45, 2.75) is 43.7 Å². The predicted molar refractivity (Wildman–Crippen MR) is 81.9 cm³/mol. The molecule has 1 fully saturated rings. The van der Waals surface area contributed by atoms with Crippen LogP contribution in [0.2, 0.25) is 0 Å². The van der Waals surface area contributed by atoms with Gasteiger partial charge in [0.1, 0.15) is 0 Å². The summed E-state index contributed by atoms with van der Waals surface area (Å²) in [5.41, 5.74) is 1.05. The van der Waals surface area contributed by atoms with Crippen molar-refractivity contribution in [3.63, 3.8) is 0 Å². The highest BCUT2D eigenvalue weighted by molar-refractivity contribution is 7.98. The number of benzene rings is 1. The van der Waals surface area contributed by atoms with Crippen molar-refractivity contribution in [2.75, 3.05) is 17.7 Å². The molecule has 0 saturated carbocycles. The van der Waals surface area contributed by atoms with E-state index >= 15 is 0 Å². The molecule has 1 aliphatic rings. The molecule has 1 amide bonds. The van der Waals surface area contributed by atoms with Crippen molar-refractivity contribution in [3.05, 3.63) is 24.3 Å². The first-order chi connectivity index (χ1) is 9.13. The summed E-state index contributed by atoms with van der Waals surface area (Å²) >= 11 is 1.69. The molecule has 1 saturated heterocycles. The number of carbonyl (C=O) groups is 1. The van der Waals surface area contributed by atoms with Gasteiger partial charge in [0.15, 0.2) is 0 Å². The van der Waals surface area contributed by atoms with Crippen molar-refractivity contribution in [2.24, 2.45) is 0 Å². The molecule has 1 unspecified atom stereocenters. The fraction of sp³-hybridized carbons (Fsp3) is 0.533. The van der Waals surface area contributed by atoms with E-state index in [1.54, 1.807) is 11.8 Å². The summed E-state index contributed by atoms with van der Waals surface area (Å²) in [5, 5.41) is 3.37. The molecule has 104 valence electrons. The quantitative estimate of drug-likeness (QED) is 0.860. The number of rotatable bonds is 4. The first-order valence-electron chi connectivity index (χ1n) is 6.84. The molecule has 0 aliphatic carbocycles. The van der Waals surface area contributed by atoms with Crippen LogP contribution in [0.15, 0.2) is 29.2 Å². The van der Waals surface area contributed by atoms with E-state index in [1.807, 2.05) is 23.1 Å². The number of carbonyl (C=O) groups excluding carboxylic acids is 1. The van der Waals surface area contributed by atoms with Crippen molar-refractivity contribution in [3.8, 4) is 0 Å². The van der Waals surface area contributed by atoms with Gasteiger partial charge in [0.2, 0.25) is 5.91 Å². The monoisotopic (exact) mass is 278 g/mol. The number of thioether (sulfide) groups is 1. The van der Waals surface area contributed by atoms with Crippen molar-refractivity contribution < 1.29 is 4.79 Å². The molecule has 3 nitrogen and oxygen atoms in total. The van der Waals surface area contributed by atoms with Gasteiger partial charge in [-0.25, -0.2) is 0 Å². The van der Waals surface area contributed by atoms with E-state index in [0.29, 0.717) is 6.04 Å². The summed E-state index contributed by atoms with van der Waals surface area (Å²) < 4.78 is 0. The molecule has 1 aliphatic heterocycles. The van der Waals surface area contributed by atoms with Crippen LogP contribution in [0.25, 0.3) is 0 Å². The molecule has 0 aromatic heterocycles. The lowest BCUT2D eigenvalue weighted by Gasteiger charge is -2.34. The minimum Gasteiger partial charge on any atom is -0.310 e. The molecule has 1 aromatic rings. The molecule has 1 heterocycles. The van der Waals surface area contributed by atoms with Crippen molar-refractivity contribution in [1.82, 2.24) is 5.32 Å². The number of para-hydroxylation sites is 1. The first kappa shape index (κ1) is 14.4. The van der Waals surface area contributed by atoms with Crippen LogP contribution < -0.4 is 10.2 Å². The summed E-state index contributed by atoms with van der Waals surface area (Å²) in [5.74, 6) is 0.210. The fourth-order valence-corrected chi connectivity index (χ4v) is 3.13. The zero-order valence-electron chi connectivity index (χ0n) is 11.8. The molecule has 0 spiro atoms. The Morgan fingerprint density at radius 3 is 2.79 bits per heavy atom. The first-order valence-corrected chi connectivity index (χ1v) is 8.06. The van der Waals surface area contributed by atoms with Gasteiger partial charge < -0.3 is 10.2 Å². The van der Waals surface area contributed by atoms with E-state index in [4.69, 9.17) is 0 Å². The molecule has 1 N–H and O–H groups in total. The van der Waals surface area contributed by atoms with Crippen LogP contribution in [0.4, 0.5) is 5.69 Å². The molecular weight excluding hydrogens is 256 g/mol. The number of anilines is 1. The Morgan fingerprint density at radius 1 is 1.37 bits per heavy atom. The van der Waals surface area contributed by atoms with Gasteiger partial charge in [-0.15, -0.1) is 11.8 Å². The zero-order chi connectivity index (χ0) is 13.8. The summed E-state index contributed by atoms with van der Waals surface area (Å²) in [4.78, 5) is 15.7. The molecule has 19 heavy (non-hydrogen) atoms. The van der Waals surface area contributed by atoms with E-state index in [0.717, 1.165) is 25.1 Å². The van der Waals surface area contributed by atoms with Crippen molar-refractivity contribution in [1.29, 1.82) is 0 Å². The van der Waals surface area contributed by atoms with Crippen LogP contribution in [0.1, 0.15) is 26.7 Å². The maximum Gasteiger partial charge on any atom is 0.244 e. The second-order valence-corrected chi connectivity index (χ2v) is 6.03. The van der Waals surface area contributed by atoms with E-state index in [2.05, 4.69) is 31.5 Å². The standard InChI is InChI=1S/C15H22N2OS/c1-11(2)16-12-7-6-10-17(15(12)18)13-8-4-5-9-14(13)19-3/h4-5,8-9,11-12,16H,6-7,10H2,1-3H3. The van der Waals surface area contributed by atoms with Gasteiger partial charge in [0, 0.05) is 17.5 Å². The highest BCUT2D eigenvalue weighted by Gasteiger charge is 2.30. The summed E-state index contributed by atoms with van der Waals surface area (Å²) in [6.07, 6.45) is 4.05. The van der Waals surface area contributed by atoms with Crippen LogP contribution in [0, 0.1) is 0 Å². The maximum absolute atomic E-state index is 12.6. The normalized spacial score (nSPS) is 20.1. The minimum atomic E-state index is -0.0383. The van der Waals surface area contributed by atoms with Gasteiger partial charge in [-0.3, -0.25) is 4.79 Å². The maximum atomic E-state index is 12.6. The number of piperidine rings is 1. The Labute approximate surface area is 119 Å². The van der Waals surface area contributed by atoms with Gasteiger partial charge in [-0.1, -0.05) is 26.0 Å². The van der Waals surface area contributed by atoms with Gasteiger partial charge in [-0.05, 0) is 31.2 Å². The Morgan fingerprint density at radius 2 is 2.11 bits per heavy atom. The number of amides is 1. The highest BCUT2D eigenvalue weighted by Crippen LogP contribution is 2.30. The summed E-state index contributed by atoms with van der Waals surface area (Å²) in [6, 6.07) is 8.44. The van der Waals surface area contributed by atoms with Crippen LogP contribution in [-0.4, -0.2) is 30.8 Å². The third kappa shape index (κ3) is 3.31. The molecule has 2 rings (SSSR count). The third-order valence-corrected chi connectivity index (χ3v) is 4.13. The Kier molecular flexibility index (Phi) is 4.88. The number of hydrogen-bond donors (Lipinski definition) is 1. The molecule has 4 heteroatoms. The van der Waals surface area contributed by atoms with E-state index in [9.17, 15) is 4.79 Å². The Hall–Kier alpha value is -1.00. The molecule has 0 radical (unpaired) electrons. The second-order valence-electron chi connectivity index (χ2n) is 5.18. The van der Waals surface area contributed by atoms with Gasteiger partial charge >= 0.3 is 0 Å². The van der Waals surface area contributed by atoms with Gasteiger partial charge in [0.25, 0.3) is 0 Å². The second kappa shape index (κ2) is 6.44. The predicted octanol–water partition coefficient (Wildman–Crippen LogP) is 2.90. The number of nitrogens with zero attached hydrogens (tertiary/aromatic N) is 1. The molecule has 0 bridgehead atoms. The zero-order valence-corrected chi connectivity index (χ0v) is 12.7. The van der Waals surface area contributed by atoms with Crippen molar-refractivity contribution >= 4 is 23.4 Å². The van der Waals surface area contributed by atoms with Crippen LogP contribution >= 0.6 is 11.8 Å². The average molecular weight is 278 g/mol. The van der Waals surface area contributed by atoms with Gasteiger partial charge in [-0.2, -0.15) is 0 Å². The minimum absolute atomic E-state index is 0.0383. The lowest BCUT2D eigenvalue weighted by molar-refractivity contribution is -0.122. The molecule has 1 atom stereocenters. The van der Waals surface area contributed by atoms with E-state index in [-0.39, 0.29) is 11.9 Å². The topological polar surface area (TPSA) is 32.3 Å². The lowest BCUT2D eigenvalue weighted by Crippen LogP contribution is -2.52. The Balaban J connectivity index is 2.21. The largest absolute Gasteiger partial charge is 0.310 e. The molecular formula is C15H22N2OS.